The number of rotatable bonds is 4. The summed E-state index contributed by atoms with van der Waals surface area (Å²) < 4.78 is 16.9. The van der Waals surface area contributed by atoms with Gasteiger partial charge in [0.15, 0.2) is 12.1 Å². The molecule has 7 atom stereocenters. The van der Waals surface area contributed by atoms with E-state index in [0.29, 0.717) is 0 Å². The second-order valence-electron chi connectivity index (χ2n) is 10.6. The zero-order valence-electron chi connectivity index (χ0n) is 22.2. The highest BCUT2D eigenvalue weighted by Gasteiger charge is 2.55. The summed E-state index contributed by atoms with van der Waals surface area (Å²) in [6, 6.07) is 3.41. The molecule has 0 spiro atoms. The van der Waals surface area contributed by atoms with Crippen molar-refractivity contribution in [2.45, 2.75) is 75.3 Å². The normalized spacial score (nSPS) is 31.2. The van der Waals surface area contributed by atoms with Gasteiger partial charge in [0.2, 0.25) is 5.78 Å². The molecule has 214 valence electrons. The van der Waals surface area contributed by atoms with Gasteiger partial charge >= 0.3 is 5.97 Å². The van der Waals surface area contributed by atoms with Gasteiger partial charge in [0, 0.05) is 23.1 Å². The minimum atomic E-state index is -1.86. The molecule has 40 heavy (non-hydrogen) atoms. The van der Waals surface area contributed by atoms with Crippen LogP contribution in [0, 0.1) is 0 Å². The summed E-state index contributed by atoms with van der Waals surface area (Å²) in [6.07, 6.45) is -3.83. The second-order valence-corrected chi connectivity index (χ2v) is 10.6. The summed E-state index contributed by atoms with van der Waals surface area (Å²) in [6.45, 7) is 3.25. The first-order valence-electron chi connectivity index (χ1n) is 13.0. The molecule has 2 aromatic carbocycles. The molecule has 12 nitrogen and oxygen atoms in total. The van der Waals surface area contributed by atoms with Crippen molar-refractivity contribution in [1.82, 2.24) is 0 Å². The van der Waals surface area contributed by atoms with Crippen molar-refractivity contribution in [3.05, 3.63) is 51.6 Å². The fourth-order valence-corrected chi connectivity index (χ4v) is 6.19. The minimum absolute atomic E-state index is 0.00840. The Bertz CT molecular complexity index is 1410. The monoisotopic (exact) mass is 558 g/mol. The lowest BCUT2D eigenvalue weighted by atomic mass is 9.66. The van der Waals surface area contributed by atoms with E-state index < -0.39 is 88.1 Å². The number of aromatic hydroxyl groups is 3. The maximum Gasteiger partial charge on any atom is 0.316 e. The van der Waals surface area contributed by atoms with E-state index in [0.717, 1.165) is 7.11 Å². The molecule has 0 unspecified atom stereocenters. The Hall–Kier alpha value is -3.55. The molecule has 0 bridgehead atoms. The minimum Gasteiger partial charge on any atom is -0.507 e. The van der Waals surface area contributed by atoms with Crippen LogP contribution < -0.4 is 5.73 Å². The predicted molar refractivity (Wildman–Crippen MR) is 135 cm³/mol. The number of aliphatic hydroxyl groups excluding tert-OH is 1. The quantitative estimate of drug-likeness (QED) is 0.192. The number of hydrogen-bond donors (Lipinski definition) is 6. The molecule has 0 radical (unpaired) electrons. The number of carbonyl (C=O) groups is 3. The molecule has 2 aliphatic carbocycles. The highest BCUT2D eigenvalue weighted by molar-refractivity contribution is 6.31. The first-order chi connectivity index (χ1) is 18.9. The maximum absolute atomic E-state index is 13.6. The van der Waals surface area contributed by atoms with Crippen molar-refractivity contribution in [2.24, 2.45) is 0 Å². The van der Waals surface area contributed by atoms with Gasteiger partial charge in [0.05, 0.1) is 48.0 Å². The van der Waals surface area contributed by atoms with Gasteiger partial charge in [-0.25, -0.2) is 0 Å². The zero-order valence-corrected chi connectivity index (χ0v) is 22.2. The molecule has 1 saturated heterocycles. The number of esters is 1. The highest BCUT2D eigenvalue weighted by Crippen LogP contribution is 2.57. The van der Waals surface area contributed by atoms with Gasteiger partial charge in [-0.2, -0.15) is 0 Å². The Labute approximate surface area is 228 Å². The van der Waals surface area contributed by atoms with Gasteiger partial charge in [0.1, 0.15) is 35.3 Å². The van der Waals surface area contributed by atoms with E-state index >= 15 is 0 Å². The smallest absolute Gasteiger partial charge is 0.316 e. The third kappa shape index (κ3) is 3.98. The standard InChI is InChI=1S/C28H31NO11/c1-4-28(37)9-14(40-15-8-12(29)22(31)10(2)39-15)17-18(21(28)27(36)38-3)26(35)19-20(25(17)34)24(33)16-11(23(19)32)6-5-7-13(16)30/h5-7,10,12,14-15,21-22,30-31,34-35,37H,4,8-9,29H2,1-3H3/p+1/t10-,12-,14-,15-,21-,22+,28+/m0/s1. The van der Waals surface area contributed by atoms with Crippen LogP contribution in [0.3, 0.4) is 0 Å². The Morgan fingerprint density at radius 2 is 1.75 bits per heavy atom. The van der Waals surface area contributed by atoms with Crippen LogP contribution in [0.2, 0.25) is 0 Å². The average molecular weight is 559 g/mol. The fraction of sp³-hybridized carbons (Fsp3) is 0.464. The van der Waals surface area contributed by atoms with Crippen LogP contribution in [-0.2, 0) is 19.0 Å². The van der Waals surface area contributed by atoms with Crippen LogP contribution in [0.15, 0.2) is 18.2 Å². The summed E-state index contributed by atoms with van der Waals surface area (Å²) in [5.74, 6) is -6.25. The van der Waals surface area contributed by atoms with Crippen LogP contribution in [0.4, 0.5) is 0 Å². The maximum atomic E-state index is 13.6. The Morgan fingerprint density at radius 1 is 1.10 bits per heavy atom. The first-order valence-corrected chi connectivity index (χ1v) is 13.0. The Kier molecular flexibility index (Phi) is 6.87. The lowest BCUT2D eigenvalue weighted by molar-refractivity contribution is -0.466. The third-order valence-electron chi connectivity index (χ3n) is 8.37. The molecule has 1 heterocycles. The van der Waals surface area contributed by atoms with Gasteiger partial charge in [0.25, 0.3) is 0 Å². The third-order valence-corrected chi connectivity index (χ3v) is 8.37. The van der Waals surface area contributed by atoms with Crippen molar-refractivity contribution < 1.29 is 59.9 Å². The van der Waals surface area contributed by atoms with E-state index in [1.54, 1.807) is 13.8 Å². The van der Waals surface area contributed by atoms with Crippen molar-refractivity contribution in [1.29, 1.82) is 0 Å². The lowest BCUT2D eigenvalue weighted by Crippen LogP contribution is -2.71. The predicted octanol–water partition coefficient (Wildman–Crippen LogP) is 0.544. The number of hydrogen-bond acceptors (Lipinski definition) is 11. The molecule has 0 saturated carbocycles. The highest BCUT2D eigenvalue weighted by atomic mass is 16.7. The largest absolute Gasteiger partial charge is 0.507 e. The van der Waals surface area contributed by atoms with Crippen molar-refractivity contribution in [2.75, 3.05) is 7.11 Å². The number of aliphatic hydroxyl groups is 2. The van der Waals surface area contributed by atoms with Crippen LogP contribution in [0.25, 0.3) is 0 Å². The van der Waals surface area contributed by atoms with E-state index in [1.807, 2.05) is 0 Å². The molecule has 0 aromatic heterocycles. The number of methoxy groups -OCH3 is 1. The van der Waals surface area contributed by atoms with E-state index in [9.17, 15) is 39.9 Å². The molecule has 8 N–H and O–H groups in total. The molecule has 5 rings (SSSR count). The Morgan fingerprint density at radius 3 is 2.38 bits per heavy atom. The molecule has 0 amide bonds. The first kappa shape index (κ1) is 28.0. The van der Waals surface area contributed by atoms with E-state index in [1.165, 1.54) is 18.2 Å². The van der Waals surface area contributed by atoms with Gasteiger partial charge in [-0.05, 0) is 19.4 Å². The van der Waals surface area contributed by atoms with E-state index in [4.69, 9.17) is 14.2 Å². The summed E-state index contributed by atoms with van der Waals surface area (Å²) in [7, 11) is 1.10. The van der Waals surface area contributed by atoms with Crippen molar-refractivity contribution >= 4 is 17.5 Å². The molecular weight excluding hydrogens is 526 g/mol. The van der Waals surface area contributed by atoms with Gasteiger partial charge < -0.3 is 45.5 Å². The number of benzene rings is 2. The molecule has 3 aliphatic rings. The van der Waals surface area contributed by atoms with E-state index in [2.05, 4.69) is 5.73 Å². The number of phenolic OH excluding ortho intramolecular Hbond substituents is 3. The molecule has 2 aromatic rings. The second kappa shape index (κ2) is 9.82. The topological polar surface area (TPSA) is 208 Å². The van der Waals surface area contributed by atoms with Crippen molar-refractivity contribution in [3.8, 4) is 17.2 Å². The van der Waals surface area contributed by atoms with Gasteiger partial charge in [-0.3, -0.25) is 14.4 Å². The van der Waals surface area contributed by atoms with E-state index in [-0.39, 0.29) is 41.5 Å². The van der Waals surface area contributed by atoms with Gasteiger partial charge in [-0.15, -0.1) is 0 Å². The summed E-state index contributed by atoms with van der Waals surface area (Å²) in [4.78, 5) is 40.2. The van der Waals surface area contributed by atoms with Crippen molar-refractivity contribution in [3.63, 3.8) is 0 Å². The summed E-state index contributed by atoms with van der Waals surface area (Å²) in [5, 5.41) is 55.5. The number of carbonyl (C=O) groups excluding carboxylic acids is 3. The molecule has 12 heteroatoms. The van der Waals surface area contributed by atoms with Crippen LogP contribution in [-0.4, -0.2) is 80.3 Å². The number of fused-ring (bicyclic) bond motifs is 3. The SMILES string of the molecule is CC[C@@]1(O)C[C@H](O[C@H]2C[C@H]([NH3+])[C@H](O)[C@H](C)O2)c2c(O)c3c(c(O)c2[C@H]1C(=O)OC)C(=O)c1cccc(O)c1C3=O. The lowest BCUT2D eigenvalue weighted by Gasteiger charge is -2.45. The van der Waals surface area contributed by atoms with Crippen LogP contribution in [0.1, 0.15) is 88.1 Å². The Balaban J connectivity index is 1.76. The van der Waals surface area contributed by atoms with Crippen LogP contribution >= 0.6 is 0 Å². The number of quaternary nitrogens is 1. The summed E-state index contributed by atoms with van der Waals surface area (Å²) >= 11 is 0. The summed E-state index contributed by atoms with van der Waals surface area (Å²) in [5.41, 5.74) is -0.0650. The molecular formula is C28H32NO11+. The number of phenols is 3. The molecule has 1 aliphatic heterocycles. The van der Waals surface area contributed by atoms with Crippen LogP contribution in [0.5, 0.6) is 17.2 Å². The van der Waals surface area contributed by atoms with Gasteiger partial charge in [-0.1, -0.05) is 19.1 Å². The zero-order chi connectivity index (χ0) is 29.3. The molecule has 1 fully saturated rings. The average Bonchev–Trinajstić information content (AvgIpc) is 2.91. The number of ketones is 2. The fourth-order valence-electron chi connectivity index (χ4n) is 6.19. The number of ether oxygens (including phenoxy) is 3.